The molecule has 1 aliphatic rings. The fraction of sp³-hybridized carbons (Fsp3) is 0.467. The minimum absolute atomic E-state index is 0.0419. The van der Waals surface area contributed by atoms with Crippen molar-refractivity contribution in [2.75, 3.05) is 11.5 Å². The van der Waals surface area contributed by atoms with Gasteiger partial charge in [0.05, 0.1) is 16.9 Å². The normalized spacial score (nSPS) is 20.5. The number of nitrogens with two attached hydrogens (primary N) is 1. The maximum Gasteiger partial charge on any atom is 0.491 e. The van der Waals surface area contributed by atoms with Crippen molar-refractivity contribution in [1.29, 1.82) is 0 Å². The van der Waals surface area contributed by atoms with Crippen molar-refractivity contribution >= 4 is 43.1 Å². The molecule has 1 aliphatic heterocycles. The van der Waals surface area contributed by atoms with Gasteiger partial charge < -0.3 is 15.0 Å². The number of nitrogen functional groups attached to an aromatic ring is 1. The lowest BCUT2D eigenvalue weighted by Crippen LogP contribution is -2.41. The fourth-order valence-corrected chi connectivity index (χ4v) is 2.56. The van der Waals surface area contributed by atoms with E-state index in [1.165, 1.54) is 6.07 Å². The Labute approximate surface area is 141 Å². The average molecular weight is 344 g/mol. The Morgan fingerprint density at radius 2 is 1.86 bits per heavy atom. The number of halogens is 2. The summed E-state index contributed by atoms with van der Waals surface area (Å²) in [5.41, 5.74) is 6.16. The van der Waals surface area contributed by atoms with Crippen molar-refractivity contribution in [3.63, 3.8) is 0 Å². The molecule has 3 nitrogen and oxygen atoms in total. The highest BCUT2D eigenvalue weighted by molar-refractivity contribution is 7.80. The summed E-state index contributed by atoms with van der Waals surface area (Å²) in [4.78, 5) is 0. The van der Waals surface area contributed by atoms with Crippen molar-refractivity contribution in [3.05, 3.63) is 34.0 Å². The average Bonchev–Trinajstić information content (AvgIpc) is 2.60. The second-order valence-corrected chi connectivity index (χ2v) is 7.11. The largest absolute Gasteiger partial charge is 0.491 e. The molecule has 1 aromatic carbocycles. The highest BCUT2D eigenvalue weighted by Gasteiger charge is 2.52. The maximum absolute atomic E-state index is 13.7. The highest BCUT2D eigenvalue weighted by atomic mass is 35.5. The van der Waals surface area contributed by atoms with E-state index in [1.807, 2.05) is 27.7 Å². The van der Waals surface area contributed by atoms with Crippen LogP contribution in [-0.2, 0) is 9.31 Å². The molecule has 2 N–H and O–H groups in total. The topological polar surface area (TPSA) is 44.5 Å². The Balaban J connectivity index is 2.38. The minimum atomic E-state index is -0.552. The van der Waals surface area contributed by atoms with Gasteiger partial charge in [-0.25, -0.2) is 4.39 Å². The van der Waals surface area contributed by atoms with Crippen molar-refractivity contribution < 1.29 is 13.7 Å². The van der Waals surface area contributed by atoms with Crippen LogP contribution in [0.3, 0.4) is 0 Å². The summed E-state index contributed by atoms with van der Waals surface area (Å²) in [6.07, 6.45) is 1.72. The van der Waals surface area contributed by atoms with Crippen LogP contribution in [0.4, 0.5) is 10.1 Å². The predicted molar refractivity (Wildman–Crippen MR) is 93.7 cm³/mol. The van der Waals surface area contributed by atoms with E-state index in [9.17, 15) is 4.39 Å². The Hall–Kier alpha value is -0.685. The van der Waals surface area contributed by atoms with E-state index in [1.54, 1.807) is 12.1 Å². The SMILES string of the molecule is CC1(C)OB(C(=Cc2cc(Cl)cc(F)c2N)CS)OC1(C)C. The van der Waals surface area contributed by atoms with Gasteiger partial charge in [-0.2, -0.15) is 12.6 Å². The van der Waals surface area contributed by atoms with E-state index >= 15 is 0 Å². The molecular formula is C15H20BClFNO2S. The van der Waals surface area contributed by atoms with Crippen molar-refractivity contribution in [1.82, 2.24) is 0 Å². The van der Waals surface area contributed by atoms with Gasteiger partial charge in [-0.1, -0.05) is 17.7 Å². The van der Waals surface area contributed by atoms with Gasteiger partial charge >= 0.3 is 7.12 Å². The van der Waals surface area contributed by atoms with Crippen LogP contribution in [0.25, 0.3) is 6.08 Å². The molecule has 0 amide bonds. The highest BCUT2D eigenvalue weighted by Crippen LogP contribution is 2.39. The number of benzene rings is 1. The molecule has 1 saturated heterocycles. The van der Waals surface area contributed by atoms with Crippen molar-refractivity contribution in [2.45, 2.75) is 38.9 Å². The molecule has 0 radical (unpaired) electrons. The van der Waals surface area contributed by atoms with E-state index in [0.29, 0.717) is 11.3 Å². The van der Waals surface area contributed by atoms with Gasteiger partial charge in [0.15, 0.2) is 0 Å². The molecule has 0 atom stereocenters. The summed E-state index contributed by atoms with van der Waals surface area (Å²) in [6.45, 7) is 7.88. The number of hydrogen-bond acceptors (Lipinski definition) is 4. The van der Waals surface area contributed by atoms with Gasteiger partial charge in [-0.3, -0.25) is 0 Å². The lowest BCUT2D eigenvalue weighted by atomic mass is 9.78. The summed E-state index contributed by atoms with van der Waals surface area (Å²) < 4.78 is 25.7. The van der Waals surface area contributed by atoms with Gasteiger partial charge in [-0.05, 0) is 45.3 Å². The van der Waals surface area contributed by atoms with Gasteiger partial charge in [0.25, 0.3) is 0 Å². The van der Waals surface area contributed by atoms with E-state index in [4.69, 9.17) is 26.6 Å². The third-order valence-corrected chi connectivity index (χ3v) is 4.79. The first-order valence-electron chi connectivity index (χ1n) is 6.99. The molecule has 0 unspecified atom stereocenters. The molecular weight excluding hydrogens is 324 g/mol. The molecule has 1 fully saturated rings. The summed E-state index contributed by atoms with van der Waals surface area (Å²) in [5, 5.41) is 0.283. The van der Waals surface area contributed by atoms with Crippen LogP contribution in [0.1, 0.15) is 33.3 Å². The molecule has 0 aromatic heterocycles. The van der Waals surface area contributed by atoms with Crippen LogP contribution in [-0.4, -0.2) is 24.1 Å². The van der Waals surface area contributed by atoms with Crippen molar-refractivity contribution in [3.8, 4) is 0 Å². The van der Waals surface area contributed by atoms with Crippen LogP contribution in [0.15, 0.2) is 17.6 Å². The van der Waals surface area contributed by atoms with Crippen molar-refractivity contribution in [2.24, 2.45) is 0 Å². The lowest BCUT2D eigenvalue weighted by molar-refractivity contribution is 0.00578. The van der Waals surface area contributed by atoms with Crippen LogP contribution in [0.5, 0.6) is 0 Å². The van der Waals surface area contributed by atoms with Crippen LogP contribution in [0.2, 0.25) is 5.02 Å². The Morgan fingerprint density at radius 1 is 1.32 bits per heavy atom. The van der Waals surface area contributed by atoms with Gasteiger partial charge in [0.1, 0.15) is 5.82 Å². The molecule has 0 aliphatic carbocycles. The van der Waals surface area contributed by atoms with E-state index in [0.717, 1.165) is 5.47 Å². The maximum atomic E-state index is 13.7. The number of hydrogen-bond donors (Lipinski definition) is 2. The zero-order chi connectivity index (χ0) is 16.7. The molecule has 1 aromatic rings. The zero-order valence-electron chi connectivity index (χ0n) is 13.1. The number of thiol groups is 1. The monoisotopic (exact) mass is 343 g/mol. The van der Waals surface area contributed by atoms with Gasteiger partial charge in [0.2, 0.25) is 0 Å². The lowest BCUT2D eigenvalue weighted by Gasteiger charge is -2.32. The molecule has 1 heterocycles. The second kappa shape index (κ2) is 6.08. The smallest absolute Gasteiger partial charge is 0.400 e. The first-order valence-corrected chi connectivity index (χ1v) is 8.00. The molecule has 120 valence electrons. The Morgan fingerprint density at radius 3 is 2.36 bits per heavy atom. The molecule has 2 rings (SSSR count). The van der Waals surface area contributed by atoms with Gasteiger partial charge in [-0.15, -0.1) is 0 Å². The minimum Gasteiger partial charge on any atom is -0.400 e. The third kappa shape index (κ3) is 3.30. The predicted octanol–water partition coefficient (Wildman–Crippen LogP) is 4.01. The fourth-order valence-electron chi connectivity index (χ4n) is 2.11. The summed E-state index contributed by atoms with van der Waals surface area (Å²) in [7, 11) is -0.552. The Kier molecular flexibility index (Phi) is 4.88. The molecule has 7 heteroatoms. The van der Waals surface area contributed by atoms with E-state index in [-0.39, 0.29) is 10.7 Å². The number of rotatable bonds is 3. The molecule has 0 spiro atoms. The Bertz CT molecular complexity index is 606. The first kappa shape index (κ1) is 17.7. The molecule has 0 bridgehead atoms. The quantitative estimate of drug-likeness (QED) is 0.495. The van der Waals surface area contributed by atoms with E-state index in [2.05, 4.69) is 12.6 Å². The molecule has 22 heavy (non-hydrogen) atoms. The second-order valence-electron chi connectivity index (χ2n) is 6.36. The summed E-state index contributed by atoms with van der Waals surface area (Å²) in [6, 6.07) is 2.79. The van der Waals surface area contributed by atoms with Crippen LogP contribution >= 0.6 is 24.2 Å². The molecule has 0 saturated carbocycles. The van der Waals surface area contributed by atoms with Crippen LogP contribution < -0.4 is 5.73 Å². The summed E-state index contributed by atoms with van der Waals surface area (Å²) >= 11 is 10.2. The standard InChI is InChI=1S/C15H20BClFNO2S/c1-14(2)15(3,4)21-16(20-14)10(8-22)5-9-6-11(17)7-12(18)13(9)19/h5-7,22H,8,19H2,1-4H3. The zero-order valence-corrected chi connectivity index (χ0v) is 14.8. The van der Waals surface area contributed by atoms with Gasteiger partial charge in [0, 0.05) is 16.3 Å². The first-order chi connectivity index (χ1) is 10.1. The summed E-state index contributed by atoms with van der Waals surface area (Å²) in [5.74, 6) is -0.157. The third-order valence-electron chi connectivity index (χ3n) is 4.21. The van der Waals surface area contributed by atoms with E-state index < -0.39 is 24.1 Å². The van der Waals surface area contributed by atoms with Crippen LogP contribution in [0, 0.1) is 5.82 Å². The number of anilines is 1.